The van der Waals surface area contributed by atoms with Crippen LogP contribution in [-0.2, 0) is 28.1 Å². The lowest BCUT2D eigenvalue weighted by Gasteiger charge is -2.28. The molecule has 6 aromatic carbocycles. The lowest BCUT2D eigenvalue weighted by atomic mass is 9.79. The van der Waals surface area contributed by atoms with Gasteiger partial charge in [-0.05, 0) is 134 Å². The average molecular weight is 966 g/mol. The smallest absolute Gasteiger partial charge is 0.170 e. The van der Waals surface area contributed by atoms with Gasteiger partial charge in [-0.25, -0.2) is 4.98 Å². The summed E-state index contributed by atoms with van der Waals surface area (Å²) in [7, 11) is 0. The van der Waals surface area contributed by atoms with E-state index < -0.39 is 0 Å². The highest BCUT2D eigenvalue weighted by Crippen LogP contribution is 2.47. The summed E-state index contributed by atoms with van der Waals surface area (Å²) in [5, 5.41) is 14.7. The molecule has 0 saturated heterocycles. The molecule has 4 aromatic heterocycles. The summed E-state index contributed by atoms with van der Waals surface area (Å²) in [4.78, 5) is 10.8. The molecule has 4 heterocycles. The van der Waals surface area contributed by atoms with Crippen LogP contribution in [0.25, 0.3) is 95.1 Å². The highest BCUT2D eigenvalue weighted by Gasteiger charge is 2.30. The zero-order valence-corrected chi connectivity index (χ0v) is 45.6. The highest BCUT2D eigenvalue weighted by molar-refractivity contribution is 5.99. The summed E-state index contributed by atoms with van der Waals surface area (Å²) in [5.74, 6) is 2.26. The molecule has 10 rings (SSSR count). The second kappa shape index (κ2) is 17.5. The van der Waals surface area contributed by atoms with Crippen molar-refractivity contribution in [1.29, 1.82) is 0 Å². The molecule has 1 N–H and O–H groups in total. The number of hydrogen-bond acceptors (Lipinski definition) is 5. The Balaban J connectivity index is 1.21. The number of benzene rings is 6. The van der Waals surface area contributed by atoms with Crippen LogP contribution in [0, 0.1) is 5.41 Å². The molecule has 0 spiro atoms. The first-order valence-corrected chi connectivity index (χ1v) is 25.9. The Labute approximate surface area is 432 Å². The second-order valence-electron chi connectivity index (χ2n) is 25.7. The van der Waals surface area contributed by atoms with E-state index in [1.54, 1.807) is 0 Å². The molecular formula is C67H71N3O3. The predicted octanol–water partition coefficient (Wildman–Crippen LogP) is 18.7. The molecule has 0 aliphatic carbocycles. The predicted molar refractivity (Wildman–Crippen MR) is 305 cm³/mol. The number of imidazole rings is 1. The standard InChI is InChI=1S/C67H71N3O3/c1-63(2,3)39-40-24-27-55-44(30-40)35-56(72-55)57-34-42-28-29-68-58(61(42)73-57)45-31-43(32-47(33-45)65(7,8)9)49-22-19-23-54-59(49)69-62(51-37-48(66(10,11)12)38-52(60(51)71)67(13,14)15)70(54)53-26-25-46(64(4,5)6)36-50(53)41-20-17-16-18-21-41/h16-38,71H,39H2,1-15H3. The van der Waals surface area contributed by atoms with Gasteiger partial charge < -0.3 is 13.9 Å². The number of pyridine rings is 1. The molecule has 0 aliphatic rings. The Morgan fingerprint density at radius 2 is 1.16 bits per heavy atom. The summed E-state index contributed by atoms with van der Waals surface area (Å²) in [6.07, 6.45) is 2.84. The lowest BCUT2D eigenvalue weighted by Crippen LogP contribution is -2.17. The van der Waals surface area contributed by atoms with Gasteiger partial charge in [0, 0.05) is 39.2 Å². The number of furan rings is 2. The first-order valence-electron chi connectivity index (χ1n) is 25.9. The van der Waals surface area contributed by atoms with Crippen molar-refractivity contribution in [2.24, 2.45) is 5.41 Å². The Bertz CT molecular complexity index is 3730. The fourth-order valence-corrected chi connectivity index (χ4v) is 10.2. The van der Waals surface area contributed by atoms with Crippen LogP contribution in [0.15, 0.2) is 148 Å². The van der Waals surface area contributed by atoms with Gasteiger partial charge in [-0.2, -0.15) is 0 Å². The number of phenols is 1. The molecule has 0 saturated carbocycles. The number of nitrogens with zero attached hydrogens (tertiary/aromatic N) is 3. The van der Waals surface area contributed by atoms with Gasteiger partial charge in [0.2, 0.25) is 0 Å². The minimum absolute atomic E-state index is 0.0914. The van der Waals surface area contributed by atoms with E-state index >= 15 is 0 Å². The molecule has 0 aliphatic heterocycles. The SMILES string of the molecule is CC(C)(C)Cc1ccc2oc(-c3cc4ccnc(-c5cc(-c6cccc7c6nc(-c6cc(C(C)(C)C)cc(C(C)(C)C)c6O)n7-c6ccc(C(C)(C)C)cc6-c6ccccc6)cc(C(C)(C)C)c5)c4o3)cc2c1. The van der Waals surface area contributed by atoms with Crippen LogP contribution < -0.4 is 0 Å². The third kappa shape index (κ3) is 9.53. The van der Waals surface area contributed by atoms with E-state index in [1.807, 2.05) is 12.3 Å². The Morgan fingerprint density at radius 3 is 1.85 bits per heavy atom. The largest absolute Gasteiger partial charge is 0.507 e. The molecule has 6 nitrogen and oxygen atoms in total. The number of hydrogen-bond donors (Lipinski definition) is 1. The van der Waals surface area contributed by atoms with E-state index in [0.717, 1.165) is 89.7 Å². The van der Waals surface area contributed by atoms with Crippen LogP contribution in [-0.4, -0.2) is 19.6 Å². The zero-order chi connectivity index (χ0) is 52.2. The second-order valence-corrected chi connectivity index (χ2v) is 25.7. The normalized spacial score (nSPS) is 13.0. The van der Waals surface area contributed by atoms with E-state index in [1.165, 1.54) is 11.1 Å². The van der Waals surface area contributed by atoms with Crippen molar-refractivity contribution >= 4 is 33.0 Å². The first kappa shape index (κ1) is 49.4. The Kier molecular flexibility index (Phi) is 11.8. The molecule has 0 atom stereocenters. The van der Waals surface area contributed by atoms with Crippen LogP contribution in [0.4, 0.5) is 0 Å². The van der Waals surface area contributed by atoms with Crippen LogP contribution >= 0.6 is 0 Å². The van der Waals surface area contributed by atoms with Crippen molar-refractivity contribution in [2.75, 3.05) is 0 Å². The zero-order valence-electron chi connectivity index (χ0n) is 45.6. The number of phenolic OH excluding ortho intramolecular Hbond substituents is 1. The molecule has 0 bridgehead atoms. The van der Waals surface area contributed by atoms with E-state index in [4.69, 9.17) is 18.8 Å². The number of rotatable bonds is 7. The first-order chi connectivity index (χ1) is 34.2. The van der Waals surface area contributed by atoms with Gasteiger partial charge in [0.25, 0.3) is 0 Å². The van der Waals surface area contributed by atoms with Crippen molar-refractivity contribution in [2.45, 2.75) is 132 Å². The summed E-state index contributed by atoms with van der Waals surface area (Å²) in [6.45, 7) is 33.5. The quantitative estimate of drug-likeness (QED) is 0.172. The van der Waals surface area contributed by atoms with Crippen LogP contribution in [0.2, 0.25) is 0 Å². The lowest BCUT2D eigenvalue weighted by molar-refractivity contribution is 0.411. The third-order valence-electron chi connectivity index (χ3n) is 14.3. The summed E-state index contributed by atoms with van der Waals surface area (Å²) >= 11 is 0. The monoisotopic (exact) mass is 966 g/mol. The van der Waals surface area contributed by atoms with Crippen molar-refractivity contribution in [1.82, 2.24) is 14.5 Å². The fourth-order valence-electron chi connectivity index (χ4n) is 10.2. The van der Waals surface area contributed by atoms with Crippen molar-refractivity contribution in [3.8, 4) is 67.9 Å². The topological polar surface area (TPSA) is 77.2 Å². The molecule has 0 radical (unpaired) electrons. The number of aromatic nitrogens is 3. The van der Waals surface area contributed by atoms with Gasteiger partial charge in [0.1, 0.15) is 22.9 Å². The van der Waals surface area contributed by atoms with Crippen LogP contribution in [0.5, 0.6) is 5.75 Å². The number of para-hydroxylation sites is 1. The van der Waals surface area contributed by atoms with Crippen LogP contribution in [0.1, 0.15) is 132 Å². The van der Waals surface area contributed by atoms with Gasteiger partial charge in [0.05, 0.1) is 22.3 Å². The minimum Gasteiger partial charge on any atom is -0.507 e. The number of fused-ring (bicyclic) bond motifs is 3. The van der Waals surface area contributed by atoms with Gasteiger partial charge in [-0.3, -0.25) is 9.55 Å². The molecule has 0 fully saturated rings. The Morgan fingerprint density at radius 1 is 0.507 bits per heavy atom. The fraction of sp³-hybridized carbons (Fsp3) is 0.313. The molecule has 10 aromatic rings. The van der Waals surface area contributed by atoms with Crippen molar-refractivity contribution in [3.63, 3.8) is 0 Å². The summed E-state index contributed by atoms with van der Waals surface area (Å²) in [5.41, 5.74) is 15.8. The summed E-state index contributed by atoms with van der Waals surface area (Å²) < 4.78 is 15.5. The van der Waals surface area contributed by atoms with Gasteiger partial charge >= 0.3 is 0 Å². The van der Waals surface area contributed by atoms with E-state index in [2.05, 4.69) is 236 Å². The van der Waals surface area contributed by atoms with Crippen molar-refractivity contribution < 1.29 is 13.9 Å². The average Bonchev–Trinajstić information content (AvgIpc) is 4.05. The van der Waals surface area contributed by atoms with E-state index in [-0.39, 0.29) is 32.8 Å². The molecule has 372 valence electrons. The van der Waals surface area contributed by atoms with Gasteiger partial charge in [-0.15, -0.1) is 0 Å². The van der Waals surface area contributed by atoms with E-state index in [9.17, 15) is 5.11 Å². The van der Waals surface area contributed by atoms with Crippen molar-refractivity contribution in [3.05, 3.63) is 167 Å². The van der Waals surface area contributed by atoms with Gasteiger partial charge in [-0.1, -0.05) is 171 Å². The highest BCUT2D eigenvalue weighted by atomic mass is 16.4. The maximum absolute atomic E-state index is 12.6. The molecule has 6 heteroatoms. The third-order valence-corrected chi connectivity index (χ3v) is 14.3. The Hall–Kier alpha value is -7.18. The minimum atomic E-state index is -0.344. The molecular weight excluding hydrogens is 895 g/mol. The van der Waals surface area contributed by atoms with Gasteiger partial charge in [0.15, 0.2) is 17.1 Å². The van der Waals surface area contributed by atoms with Crippen LogP contribution in [0.3, 0.4) is 0 Å². The molecule has 0 unspecified atom stereocenters. The maximum Gasteiger partial charge on any atom is 0.170 e. The maximum atomic E-state index is 12.6. The van der Waals surface area contributed by atoms with E-state index in [0.29, 0.717) is 28.5 Å². The summed E-state index contributed by atoms with van der Waals surface area (Å²) in [6, 6.07) is 47.7. The number of aromatic hydroxyl groups is 1. The molecule has 0 amide bonds. The molecule has 73 heavy (non-hydrogen) atoms.